The lowest BCUT2D eigenvalue weighted by Crippen LogP contribution is -2.46. The molecule has 17 heavy (non-hydrogen) atoms. The quantitative estimate of drug-likeness (QED) is 0.228. The third-order valence-corrected chi connectivity index (χ3v) is 1.97. The molecule has 7 heteroatoms. The molecule has 0 aromatic carbocycles. The zero-order chi connectivity index (χ0) is 13.6. The Morgan fingerprint density at radius 3 is 2.24 bits per heavy atom. The number of aliphatic hydroxyl groups excluding tert-OH is 4. The highest BCUT2D eigenvalue weighted by molar-refractivity contribution is 5.86. The summed E-state index contributed by atoms with van der Waals surface area (Å²) in [4.78, 5) is 21.1. The molecule has 4 N–H and O–H groups in total. The van der Waals surface area contributed by atoms with Gasteiger partial charge < -0.3 is 30.0 Å². The number of aliphatic hydroxyl groups is 4. The van der Waals surface area contributed by atoms with Crippen LogP contribution in [0.5, 0.6) is 0 Å². The van der Waals surface area contributed by atoms with E-state index in [2.05, 4.69) is 11.3 Å². The van der Waals surface area contributed by atoms with Gasteiger partial charge in [-0.15, -0.1) is 0 Å². The van der Waals surface area contributed by atoms with Crippen molar-refractivity contribution < 1.29 is 34.8 Å². The van der Waals surface area contributed by atoms with Crippen LogP contribution in [0.4, 0.5) is 0 Å². The number of aldehydes is 1. The van der Waals surface area contributed by atoms with Gasteiger partial charge in [-0.3, -0.25) is 0 Å². The van der Waals surface area contributed by atoms with Crippen LogP contribution in [-0.4, -0.2) is 63.7 Å². The molecule has 4 atom stereocenters. The fourth-order valence-corrected chi connectivity index (χ4v) is 0.893. The third-order valence-electron chi connectivity index (χ3n) is 1.97. The summed E-state index contributed by atoms with van der Waals surface area (Å²) in [5.74, 6) is -0.762. The molecule has 0 radical (unpaired) electrons. The van der Waals surface area contributed by atoms with Crippen molar-refractivity contribution in [2.75, 3.05) is 6.61 Å². The lowest BCUT2D eigenvalue weighted by atomic mass is 10.0. The molecule has 98 valence electrons. The second-order valence-corrected chi connectivity index (χ2v) is 3.55. The predicted molar refractivity (Wildman–Crippen MR) is 55.9 cm³/mol. The Bertz CT molecular complexity index is 288. The van der Waals surface area contributed by atoms with Crippen molar-refractivity contribution in [1.82, 2.24) is 0 Å². The molecular weight excluding hydrogens is 232 g/mol. The van der Waals surface area contributed by atoms with Gasteiger partial charge >= 0.3 is 5.97 Å². The molecule has 0 aromatic rings. The summed E-state index contributed by atoms with van der Waals surface area (Å²) in [5, 5.41) is 36.7. The van der Waals surface area contributed by atoms with Gasteiger partial charge in [0.05, 0.1) is 0 Å². The third kappa shape index (κ3) is 5.05. The van der Waals surface area contributed by atoms with E-state index in [9.17, 15) is 24.9 Å². The number of carbonyl (C=O) groups excluding carboxylic acids is 2. The molecule has 0 rings (SSSR count). The van der Waals surface area contributed by atoms with E-state index in [1.807, 2.05) is 0 Å². The highest BCUT2D eigenvalue weighted by atomic mass is 16.5. The van der Waals surface area contributed by atoms with Gasteiger partial charge in [0, 0.05) is 5.57 Å². The van der Waals surface area contributed by atoms with E-state index in [-0.39, 0.29) is 11.9 Å². The fourth-order valence-electron chi connectivity index (χ4n) is 0.893. The van der Waals surface area contributed by atoms with Crippen molar-refractivity contribution in [3.8, 4) is 0 Å². The Kier molecular flexibility index (Phi) is 6.59. The molecule has 7 nitrogen and oxygen atoms in total. The van der Waals surface area contributed by atoms with E-state index in [1.165, 1.54) is 6.92 Å². The molecule has 0 aliphatic heterocycles. The fraction of sp³-hybridized carbons (Fsp3) is 0.600. The van der Waals surface area contributed by atoms with Gasteiger partial charge in [0.15, 0.2) is 6.29 Å². The summed E-state index contributed by atoms with van der Waals surface area (Å²) < 4.78 is 4.52. The Morgan fingerprint density at radius 1 is 1.29 bits per heavy atom. The van der Waals surface area contributed by atoms with Crippen LogP contribution in [0.2, 0.25) is 0 Å². The Balaban J connectivity index is 4.22. The maximum absolute atomic E-state index is 10.9. The van der Waals surface area contributed by atoms with Crippen molar-refractivity contribution in [1.29, 1.82) is 0 Å². The second kappa shape index (κ2) is 7.13. The van der Waals surface area contributed by atoms with Crippen LogP contribution in [0.3, 0.4) is 0 Å². The van der Waals surface area contributed by atoms with Gasteiger partial charge in [-0.25, -0.2) is 4.79 Å². The van der Waals surface area contributed by atoms with Crippen molar-refractivity contribution in [3.63, 3.8) is 0 Å². The first-order valence-electron chi connectivity index (χ1n) is 4.81. The summed E-state index contributed by atoms with van der Waals surface area (Å²) in [5.41, 5.74) is 0.111. The monoisotopic (exact) mass is 248 g/mol. The normalized spacial score (nSPS) is 17.7. The molecule has 0 aliphatic rings. The molecule has 0 amide bonds. The first-order chi connectivity index (χ1) is 7.81. The predicted octanol–water partition coefficient (Wildman–Crippen LogP) is -2.25. The Hall–Kier alpha value is -1.28. The first-order valence-corrected chi connectivity index (χ1v) is 4.81. The van der Waals surface area contributed by atoms with Crippen LogP contribution in [-0.2, 0) is 14.3 Å². The number of ether oxygens (including phenoxy) is 1. The molecule has 0 fully saturated rings. The van der Waals surface area contributed by atoms with Gasteiger partial charge in [-0.2, -0.15) is 0 Å². The molecule has 0 saturated carbocycles. The molecular formula is C10H16O7. The minimum atomic E-state index is -1.86. The zero-order valence-corrected chi connectivity index (χ0v) is 9.31. The van der Waals surface area contributed by atoms with Crippen LogP contribution in [0.1, 0.15) is 6.92 Å². The molecule has 0 spiro atoms. The van der Waals surface area contributed by atoms with Gasteiger partial charge in [-0.1, -0.05) is 6.58 Å². The van der Waals surface area contributed by atoms with E-state index in [0.717, 1.165) is 0 Å². The van der Waals surface area contributed by atoms with E-state index in [0.29, 0.717) is 0 Å². The summed E-state index contributed by atoms with van der Waals surface area (Å²) >= 11 is 0. The largest absolute Gasteiger partial charge is 0.459 e. The molecule has 0 aromatic heterocycles. The maximum atomic E-state index is 10.9. The lowest BCUT2D eigenvalue weighted by molar-refractivity contribution is -0.152. The van der Waals surface area contributed by atoms with Gasteiger partial charge in [0.25, 0.3) is 0 Å². The van der Waals surface area contributed by atoms with E-state index in [1.54, 1.807) is 0 Å². The van der Waals surface area contributed by atoms with E-state index in [4.69, 9.17) is 5.11 Å². The summed E-state index contributed by atoms with van der Waals surface area (Å²) in [6.45, 7) is 4.11. The number of hydrogen-bond acceptors (Lipinski definition) is 7. The first kappa shape index (κ1) is 15.7. The topological polar surface area (TPSA) is 124 Å². The standard InChI is InChI=1S/C10H16O7/c1-5(2)10(16)17-4-7(13)9(15)8(14)6(12)3-11/h3,6-9,12-15H,1,4H2,2H3/t6-,7-,8-,9+/m1/s1. The Labute approximate surface area is 97.9 Å². The van der Waals surface area contributed by atoms with Crippen molar-refractivity contribution >= 4 is 12.3 Å². The molecule has 0 bridgehead atoms. The lowest BCUT2D eigenvalue weighted by Gasteiger charge is -2.23. The molecule has 0 aliphatic carbocycles. The Morgan fingerprint density at radius 2 is 1.82 bits per heavy atom. The summed E-state index contributed by atoms with van der Waals surface area (Å²) in [7, 11) is 0. The molecule has 0 heterocycles. The van der Waals surface area contributed by atoms with Gasteiger partial charge in [0.2, 0.25) is 0 Å². The van der Waals surface area contributed by atoms with Crippen LogP contribution in [0.15, 0.2) is 12.2 Å². The number of carbonyl (C=O) groups is 2. The number of rotatable bonds is 7. The highest BCUT2D eigenvalue weighted by Gasteiger charge is 2.30. The molecule has 0 saturated heterocycles. The van der Waals surface area contributed by atoms with E-state index >= 15 is 0 Å². The zero-order valence-electron chi connectivity index (χ0n) is 9.31. The van der Waals surface area contributed by atoms with Crippen molar-refractivity contribution in [3.05, 3.63) is 12.2 Å². The summed E-state index contributed by atoms with van der Waals surface area (Å²) in [6.07, 6.45) is -7.10. The number of esters is 1. The van der Waals surface area contributed by atoms with Crippen molar-refractivity contribution in [2.24, 2.45) is 0 Å². The second-order valence-electron chi connectivity index (χ2n) is 3.55. The minimum Gasteiger partial charge on any atom is -0.459 e. The van der Waals surface area contributed by atoms with Crippen LogP contribution >= 0.6 is 0 Å². The van der Waals surface area contributed by atoms with Crippen LogP contribution < -0.4 is 0 Å². The average molecular weight is 248 g/mol. The van der Waals surface area contributed by atoms with Crippen LogP contribution in [0.25, 0.3) is 0 Å². The average Bonchev–Trinajstić information content (AvgIpc) is 2.32. The smallest absolute Gasteiger partial charge is 0.333 e. The maximum Gasteiger partial charge on any atom is 0.333 e. The van der Waals surface area contributed by atoms with Gasteiger partial charge in [-0.05, 0) is 6.92 Å². The highest BCUT2D eigenvalue weighted by Crippen LogP contribution is 2.05. The van der Waals surface area contributed by atoms with Gasteiger partial charge in [0.1, 0.15) is 31.0 Å². The molecule has 0 unspecified atom stereocenters. The van der Waals surface area contributed by atoms with E-state index < -0.39 is 37.0 Å². The SMILES string of the molecule is C=C(C)C(=O)OC[C@@H](O)[C@H](O)[C@H](O)[C@H](O)C=O. The van der Waals surface area contributed by atoms with Crippen molar-refractivity contribution in [2.45, 2.75) is 31.3 Å². The number of hydrogen-bond donors (Lipinski definition) is 4. The summed E-state index contributed by atoms with van der Waals surface area (Å²) in [6, 6.07) is 0. The minimum absolute atomic E-state index is 0.0144. The van der Waals surface area contributed by atoms with Crippen LogP contribution in [0, 0.1) is 0 Å².